The van der Waals surface area contributed by atoms with Gasteiger partial charge in [0.15, 0.2) is 0 Å². The first-order valence-corrected chi connectivity index (χ1v) is 6.48. The SMILES string of the molecule is Cc1cccc(NC(=O)CCn2cccn2)c1Br. The molecule has 0 radical (unpaired) electrons. The largest absolute Gasteiger partial charge is 0.325 e. The first kappa shape index (κ1) is 12.8. The standard InChI is InChI=1S/C13H14BrN3O/c1-10-4-2-5-11(13(10)14)16-12(18)6-9-17-8-3-7-15-17/h2-5,7-8H,6,9H2,1H3,(H,16,18). The van der Waals surface area contributed by atoms with E-state index in [0.717, 1.165) is 15.7 Å². The summed E-state index contributed by atoms with van der Waals surface area (Å²) >= 11 is 3.47. The van der Waals surface area contributed by atoms with Gasteiger partial charge in [-0.1, -0.05) is 12.1 Å². The highest BCUT2D eigenvalue weighted by Crippen LogP contribution is 2.25. The van der Waals surface area contributed by atoms with E-state index in [0.29, 0.717) is 13.0 Å². The van der Waals surface area contributed by atoms with Crippen molar-refractivity contribution < 1.29 is 4.79 Å². The van der Waals surface area contributed by atoms with Crippen LogP contribution >= 0.6 is 15.9 Å². The van der Waals surface area contributed by atoms with Crippen LogP contribution in [0.5, 0.6) is 0 Å². The smallest absolute Gasteiger partial charge is 0.226 e. The van der Waals surface area contributed by atoms with Crippen molar-refractivity contribution in [3.63, 3.8) is 0 Å². The van der Waals surface area contributed by atoms with Gasteiger partial charge in [-0.3, -0.25) is 9.48 Å². The fourth-order valence-corrected chi connectivity index (χ4v) is 1.97. The molecule has 0 fully saturated rings. The number of aryl methyl sites for hydroxylation is 2. The number of hydrogen-bond donors (Lipinski definition) is 1. The molecule has 0 bridgehead atoms. The Kier molecular flexibility index (Phi) is 4.15. The molecule has 5 heteroatoms. The number of aromatic nitrogens is 2. The number of anilines is 1. The molecule has 2 rings (SSSR count). The summed E-state index contributed by atoms with van der Waals surface area (Å²) in [6.45, 7) is 2.58. The minimum Gasteiger partial charge on any atom is -0.325 e. The van der Waals surface area contributed by atoms with Gasteiger partial charge in [0.05, 0.1) is 5.69 Å². The van der Waals surface area contributed by atoms with Crippen LogP contribution in [-0.2, 0) is 11.3 Å². The van der Waals surface area contributed by atoms with E-state index in [2.05, 4.69) is 26.3 Å². The summed E-state index contributed by atoms with van der Waals surface area (Å²) in [6.07, 6.45) is 3.95. The summed E-state index contributed by atoms with van der Waals surface area (Å²) < 4.78 is 2.67. The van der Waals surface area contributed by atoms with Crippen molar-refractivity contribution >= 4 is 27.5 Å². The first-order chi connectivity index (χ1) is 8.66. The van der Waals surface area contributed by atoms with E-state index in [1.807, 2.05) is 37.4 Å². The number of rotatable bonds is 4. The highest BCUT2D eigenvalue weighted by atomic mass is 79.9. The van der Waals surface area contributed by atoms with Crippen LogP contribution in [-0.4, -0.2) is 15.7 Å². The molecule has 2 aromatic rings. The van der Waals surface area contributed by atoms with Gasteiger partial charge in [0.25, 0.3) is 0 Å². The Bertz CT molecular complexity index is 537. The Balaban J connectivity index is 1.93. The van der Waals surface area contributed by atoms with E-state index in [9.17, 15) is 4.79 Å². The molecule has 94 valence electrons. The number of benzene rings is 1. The third-order valence-corrected chi connectivity index (χ3v) is 3.65. The topological polar surface area (TPSA) is 46.9 Å². The van der Waals surface area contributed by atoms with Crippen LogP contribution in [0.15, 0.2) is 41.1 Å². The highest BCUT2D eigenvalue weighted by molar-refractivity contribution is 9.10. The minimum absolute atomic E-state index is 0.0169. The van der Waals surface area contributed by atoms with Gasteiger partial charge >= 0.3 is 0 Å². The molecule has 1 amide bonds. The van der Waals surface area contributed by atoms with Crippen molar-refractivity contribution in [2.75, 3.05) is 5.32 Å². The molecule has 1 N–H and O–H groups in total. The normalized spacial score (nSPS) is 10.3. The maximum atomic E-state index is 11.8. The summed E-state index contributed by atoms with van der Waals surface area (Å²) in [5, 5.41) is 6.94. The van der Waals surface area contributed by atoms with Gasteiger partial charge in [-0.2, -0.15) is 5.10 Å². The quantitative estimate of drug-likeness (QED) is 0.944. The lowest BCUT2D eigenvalue weighted by Crippen LogP contribution is -2.15. The van der Waals surface area contributed by atoms with Crippen molar-refractivity contribution in [3.05, 3.63) is 46.7 Å². The zero-order valence-electron chi connectivity index (χ0n) is 10.1. The lowest BCUT2D eigenvalue weighted by Gasteiger charge is -2.09. The monoisotopic (exact) mass is 307 g/mol. The van der Waals surface area contributed by atoms with E-state index in [-0.39, 0.29) is 5.91 Å². The molecule has 4 nitrogen and oxygen atoms in total. The molecule has 0 atom stereocenters. The maximum Gasteiger partial charge on any atom is 0.226 e. The molecule has 1 aromatic carbocycles. The van der Waals surface area contributed by atoms with Crippen LogP contribution in [0.1, 0.15) is 12.0 Å². The summed E-state index contributed by atoms with van der Waals surface area (Å²) in [5.74, 6) is -0.0169. The third kappa shape index (κ3) is 3.20. The van der Waals surface area contributed by atoms with Crippen molar-refractivity contribution in [2.24, 2.45) is 0 Å². The molecular weight excluding hydrogens is 294 g/mol. The zero-order valence-corrected chi connectivity index (χ0v) is 11.6. The number of amides is 1. The Hall–Kier alpha value is -1.62. The second-order valence-corrected chi connectivity index (χ2v) is 4.80. The maximum absolute atomic E-state index is 11.8. The molecule has 0 spiro atoms. The van der Waals surface area contributed by atoms with Crippen LogP contribution in [0.4, 0.5) is 5.69 Å². The molecule has 1 aromatic heterocycles. The van der Waals surface area contributed by atoms with E-state index in [1.54, 1.807) is 10.9 Å². The van der Waals surface area contributed by atoms with Crippen molar-refractivity contribution in [1.82, 2.24) is 9.78 Å². The van der Waals surface area contributed by atoms with Crippen LogP contribution in [0.3, 0.4) is 0 Å². The highest BCUT2D eigenvalue weighted by Gasteiger charge is 2.07. The number of carbonyl (C=O) groups is 1. The summed E-state index contributed by atoms with van der Waals surface area (Å²) in [4.78, 5) is 11.8. The Morgan fingerprint density at radius 3 is 3.00 bits per heavy atom. The van der Waals surface area contributed by atoms with Gasteiger partial charge in [-0.05, 0) is 40.5 Å². The predicted molar refractivity (Wildman–Crippen MR) is 74.4 cm³/mol. The van der Waals surface area contributed by atoms with E-state index in [1.165, 1.54) is 0 Å². The number of halogens is 1. The number of nitrogens with zero attached hydrogens (tertiary/aromatic N) is 2. The fraction of sp³-hybridized carbons (Fsp3) is 0.231. The zero-order chi connectivity index (χ0) is 13.0. The average Bonchev–Trinajstić information content (AvgIpc) is 2.86. The van der Waals surface area contributed by atoms with E-state index in [4.69, 9.17) is 0 Å². The average molecular weight is 308 g/mol. The minimum atomic E-state index is -0.0169. The molecule has 18 heavy (non-hydrogen) atoms. The summed E-state index contributed by atoms with van der Waals surface area (Å²) in [6, 6.07) is 7.63. The van der Waals surface area contributed by atoms with Crippen molar-refractivity contribution in [1.29, 1.82) is 0 Å². The van der Waals surface area contributed by atoms with Crippen LogP contribution in [0.25, 0.3) is 0 Å². The molecule has 0 aliphatic carbocycles. The van der Waals surface area contributed by atoms with Gasteiger partial charge in [0.1, 0.15) is 0 Å². The second-order valence-electron chi connectivity index (χ2n) is 4.00. The van der Waals surface area contributed by atoms with Gasteiger partial charge in [-0.25, -0.2) is 0 Å². The van der Waals surface area contributed by atoms with Crippen LogP contribution < -0.4 is 5.32 Å². The second kappa shape index (κ2) is 5.82. The lowest BCUT2D eigenvalue weighted by molar-refractivity contribution is -0.116. The van der Waals surface area contributed by atoms with Crippen LogP contribution in [0, 0.1) is 6.92 Å². The Labute approximate surface area is 114 Å². The molecule has 0 saturated heterocycles. The first-order valence-electron chi connectivity index (χ1n) is 5.69. The van der Waals surface area contributed by atoms with Crippen molar-refractivity contribution in [3.8, 4) is 0 Å². The summed E-state index contributed by atoms with van der Waals surface area (Å²) in [7, 11) is 0. The van der Waals surface area contributed by atoms with Gasteiger partial charge in [0, 0.05) is 29.8 Å². The van der Waals surface area contributed by atoms with Crippen LogP contribution in [0.2, 0.25) is 0 Å². The van der Waals surface area contributed by atoms with Gasteiger partial charge in [-0.15, -0.1) is 0 Å². The number of nitrogens with one attached hydrogen (secondary N) is 1. The molecule has 0 aliphatic rings. The molecule has 0 saturated carbocycles. The molecule has 1 heterocycles. The number of hydrogen-bond acceptors (Lipinski definition) is 2. The molecule has 0 unspecified atom stereocenters. The van der Waals surface area contributed by atoms with Crippen molar-refractivity contribution in [2.45, 2.75) is 19.9 Å². The Morgan fingerprint density at radius 1 is 1.44 bits per heavy atom. The summed E-state index contributed by atoms with van der Waals surface area (Å²) in [5.41, 5.74) is 1.90. The van der Waals surface area contributed by atoms with E-state index < -0.39 is 0 Å². The third-order valence-electron chi connectivity index (χ3n) is 2.59. The number of carbonyl (C=O) groups excluding carboxylic acids is 1. The molecular formula is C13H14BrN3O. The predicted octanol–water partition coefficient (Wildman–Crippen LogP) is 2.98. The molecule has 0 aliphatic heterocycles. The lowest BCUT2D eigenvalue weighted by atomic mass is 10.2. The fourth-order valence-electron chi connectivity index (χ4n) is 1.61. The van der Waals surface area contributed by atoms with Gasteiger partial charge in [0.2, 0.25) is 5.91 Å². The Morgan fingerprint density at radius 2 is 2.28 bits per heavy atom. The van der Waals surface area contributed by atoms with E-state index >= 15 is 0 Å². The van der Waals surface area contributed by atoms with Gasteiger partial charge < -0.3 is 5.32 Å².